The van der Waals surface area contributed by atoms with E-state index < -0.39 is 23.6 Å². The number of halogens is 3. The fourth-order valence-electron chi connectivity index (χ4n) is 3.12. The van der Waals surface area contributed by atoms with Gasteiger partial charge in [0, 0.05) is 11.3 Å². The SMILES string of the molecule is COc1cc(/C(C)=N/NC(=O)C(=O)Nc2ccc(C(F)(F)F)cc2)ccc1OCc1ccccc1C. The van der Waals surface area contributed by atoms with E-state index in [2.05, 4.69) is 15.8 Å². The number of aryl methyl sites for hydroxylation is 1. The lowest BCUT2D eigenvalue weighted by atomic mass is 10.1. The molecule has 3 aromatic rings. The summed E-state index contributed by atoms with van der Waals surface area (Å²) in [5, 5.41) is 6.14. The molecule has 0 heterocycles. The molecule has 2 N–H and O–H groups in total. The summed E-state index contributed by atoms with van der Waals surface area (Å²) in [7, 11) is 1.50. The Morgan fingerprint density at radius 1 is 0.944 bits per heavy atom. The molecule has 3 rings (SSSR count). The number of anilines is 1. The fourth-order valence-corrected chi connectivity index (χ4v) is 3.12. The quantitative estimate of drug-likeness (QED) is 0.270. The molecule has 7 nitrogen and oxygen atoms in total. The Labute approximate surface area is 205 Å². The largest absolute Gasteiger partial charge is 0.493 e. The number of benzene rings is 3. The second-order valence-corrected chi connectivity index (χ2v) is 7.75. The van der Waals surface area contributed by atoms with Crippen molar-refractivity contribution in [1.29, 1.82) is 0 Å². The summed E-state index contributed by atoms with van der Waals surface area (Å²) < 4.78 is 49.2. The van der Waals surface area contributed by atoms with Gasteiger partial charge in [-0.3, -0.25) is 9.59 Å². The van der Waals surface area contributed by atoms with Crippen molar-refractivity contribution in [2.45, 2.75) is 26.6 Å². The Kier molecular flexibility index (Phi) is 8.31. The van der Waals surface area contributed by atoms with Gasteiger partial charge in [0.25, 0.3) is 0 Å². The Morgan fingerprint density at radius 2 is 1.64 bits per heavy atom. The van der Waals surface area contributed by atoms with E-state index in [0.717, 1.165) is 35.4 Å². The Bertz CT molecular complexity index is 1270. The van der Waals surface area contributed by atoms with E-state index in [4.69, 9.17) is 9.47 Å². The third-order valence-electron chi connectivity index (χ3n) is 5.23. The number of hydrogen-bond donors (Lipinski definition) is 2. The molecule has 0 bridgehead atoms. The Balaban J connectivity index is 1.61. The molecule has 3 aromatic carbocycles. The molecule has 0 saturated carbocycles. The minimum absolute atomic E-state index is 0.0369. The van der Waals surface area contributed by atoms with Gasteiger partial charge in [-0.2, -0.15) is 18.3 Å². The number of rotatable bonds is 7. The van der Waals surface area contributed by atoms with Crippen LogP contribution in [0.4, 0.5) is 18.9 Å². The maximum Gasteiger partial charge on any atom is 0.416 e. The highest BCUT2D eigenvalue weighted by Crippen LogP contribution is 2.30. The van der Waals surface area contributed by atoms with Gasteiger partial charge in [0.05, 0.1) is 18.4 Å². The number of amides is 2. The molecule has 0 fully saturated rings. The van der Waals surface area contributed by atoms with Crippen LogP contribution in [0, 0.1) is 6.92 Å². The summed E-state index contributed by atoms with van der Waals surface area (Å²) in [5.41, 5.74) is 4.43. The third kappa shape index (κ3) is 6.84. The van der Waals surface area contributed by atoms with Gasteiger partial charge < -0.3 is 14.8 Å². The normalized spacial score (nSPS) is 11.6. The topological polar surface area (TPSA) is 89.0 Å². The molecule has 188 valence electrons. The summed E-state index contributed by atoms with van der Waals surface area (Å²) in [6.07, 6.45) is -4.50. The summed E-state index contributed by atoms with van der Waals surface area (Å²) >= 11 is 0. The molecule has 0 radical (unpaired) electrons. The van der Waals surface area contributed by atoms with Gasteiger partial charge in [-0.25, -0.2) is 5.43 Å². The van der Waals surface area contributed by atoms with E-state index in [0.29, 0.717) is 29.4 Å². The van der Waals surface area contributed by atoms with Gasteiger partial charge in [0.1, 0.15) is 6.61 Å². The van der Waals surface area contributed by atoms with Gasteiger partial charge in [0.15, 0.2) is 11.5 Å². The van der Waals surface area contributed by atoms with Crippen LogP contribution in [0.5, 0.6) is 11.5 Å². The van der Waals surface area contributed by atoms with Gasteiger partial charge in [0.2, 0.25) is 0 Å². The molecule has 0 aromatic heterocycles. The number of nitrogens with zero attached hydrogens (tertiary/aromatic N) is 1. The molecule has 36 heavy (non-hydrogen) atoms. The lowest BCUT2D eigenvalue weighted by Crippen LogP contribution is -2.33. The molecule has 0 spiro atoms. The number of ether oxygens (including phenoxy) is 2. The van der Waals surface area contributed by atoms with Crippen LogP contribution in [-0.4, -0.2) is 24.6 Å². The lowest BCUT2D eigenvalue weighted by Gasteiger charge is -2.13. The number of nitrogens with one attached hydrogen (secondary N) is 2. The van der Waals surface area contributed by atoms with Crippen molar-refractivity contribution in [1.82, 2.24) is 5.43 Å². The summed E-state index contributed by atoms with van der Waals surface area (Å²) in [5.74, 6) is -1.18. The highest BCUT2D eigenvalue weighted by atomic mass is 19.4. The van der Waals surface area contributed by atoms with Gasteiger partial charge in [-0.1, -0.05) is 24.3 Å². The zero-order valence-electron chi connectivity index (χ0n) is 19.8. The molecule has 0 aliphatic carbocycles. The standard InChI is InChI=1S/C26H24F3N3O4/c1-16-6-4-5-7-19(16)15-36-22-13-8-18(14-23(22)35-3)17(2)31-32-25(34)24(33)30-21-11-9-20(10-12-21)26(27,28)29/h4-14H,15H2,1-3H3,(H,30,33)(H,32,34)/b31-17+. The summed E-state index contributed by atoms with van der Waals surface area (Å²) in [4.78, 5) is 24.1. The molecule has 2 amide bonds. The van der Waals surface area contributed by atoms with Crippen molar-refractivity contribution < 1.29 is 32.2 Å². The van der Waals surface area contributed by atoms with E-state index >= 15 is 0 Å². The van der Waals surface area contributed by atoms with E-state index in [1.807, 2.05) is 31.2 Å². The second-order valence-electron chi connectivity index (χ2n) is 7.75. The number of methoxy groups -OCH3 is 1. The van der Waals surface area contributed by atoms with Crippen molar-refractivity contribution >= 4 is 23.2 Å². The van der Waals surface area contributed by atoms with Crippen molar-refractivity contribution in [2.24, 2.45) is 5.10 Å². The van der Waals surface area contributed by atoms with Crippen molar-refractivity contribution in [3.63, 3.8) is 0 Å². The molecular formula is C26H24F3N3O4. The summed E-state index contributed by atoms with van der Waals surface area (Å²) in [6.45, 7) is 3.98. The minimum atomic E-state index is -4.50. The molecule has 0 atom stereocenters. The minimum Gasteiger partial charge on any atom is -0.493 e. The summed E-state index contributed by atoms with van der Waals surface area (Å²) in [6, 6.07) is 16.7. The first-order valence-corrected chi connectivity index (χ1v) is 10.8. The Hall–Kier alpha value is -4.34. The molecule has 0 aliphatic rings. The van der Waals surface area contributed by atoms with E-state index in [1.165, 1.54) is 7.11 Å². The average Bonchev–Trinajstić information content (AvgIpc) is 2.86. The highest BCUT2D eigenvalue weighted by molar-refractivity contribution is 6.39. The number of hydrazone groups is 1. The van der Waals surface area contributed by atoms with E-state index in [-0.39, 0.29) is 5.69 Å². The first-order chi connectivity index (χ1) is 17.1. The predicted molar refractivity (Wildman–Crippen MR) is 129 cm³/mol. The van der Waals surface area contributed by atoms with Crippen LogP contribution in [0.1, 0.15) is 29.2 Å². The molecule has 0 unspecified atom stereocenters. The predicted octanol–water partition coefficient (Wildman–Crippen LogP) is 5.08. The zero-order valence-corrected chi connectivity index (χ0v) is 19.8. The van der Waals surface area contributed by atoms with E-state index in [9.17, 15) is 22.8 Å². The van der Waals surface area contributed by atoms with Crippen LogP contribution in [0.15, 0.2) is 71.8 Å². The van der Waals surface area contributed by atoms with Crippen molar-refractivity contribution in [3.8, 4) is 11.5 Å². The number of carbonyl (C=O) groups excluding carboxylic acids is 2. The average molecular weight is 499 g/mol. The molecule has 0 saturated heterocycles. The maximum atomic E-state index is 12.6. The highest BCUT2D eigenvalue weighted by Gasteiger charge is 2.30. The van der Waals surface area contributed by atoms with Crippen molar-refractivity contribution in [3.05, 3.63) is 89.0 Å². The molecule has 10 heteroatoms. The Morgan fingerprint density at radius 3 is 2.28 bits per heavy atom. The van der Waals surface area contributed by atoms with Crippen LogP contribution in [0.2, 0.25) is 0 Å². The zero-order chi connectivity index (χ0) is 26.3. The monoisotopic (exact) mass is 499 g/mol. The van der Waals surface area contributed by atoms with Crippen molar-refractivity contribution in [2.75, 3.05) is 12.4 Å². The van der Waals surface area contributed by atoms with Gasteiger partial charge in [-0.15, -0.1) is 0 Å². The first kappa shape index (κ1) is 26.3. The number of hydrogen-bond acceptors (Lipinski definition) is 5. The van der Waals surface area contributed by atoms with Gasteiger partial charge in [-0.05, 0) is 67.4 Å². The smallest absolute Gasteiger partial charge is 0.416 e. The van der Waals surface area contributed by atoms with Crippen LogP contribution >= 0.6 is 0 Å². The maximum absolute atomic E-state index is 12.6. The van der Waals surface area contributed by atoms with Crippen LogP contribution in [-0.2, 0) is 22.4 Å². The number of carbonyl (C=O) groups is 2. The van der Waals surface area contributed by atoms with Crippen LogP contribution < -0.4 is 20.2 Å². The van der Waals surface area contributed by atoms with Gasteiger partial charge >= 0.3 is 18.0 Å². The van der Waals surface area contributed by atoms with Crippen LogP contribution in [0.3, 0.4) is 0 Å². The molecular weight excluding hydrogens is 475 g/mol. The van der Waals surface area contributed by atoms with Crippen LogP contribution in [0.25, 0.3) is 0 Å². The molecule has 0 aliphatic heterocycles. The third-order valence-corrected chi connectivity index (χ3v) is 5.23. The first-order valence-electron chi connectivity index (χ1n) is 10.8. The number of alkyl halides is 3. The fraction of sp³-hybridized carbons (Fsp3) is 0.192. The van der Waals surface area contributed by atoms with E-state index in [1.54, 1.807) is 25.1 Å². The lowest BCUT2D eigenvalue weighted by molar-refractivity contribution is -0.137. The second kappa shape index (κ2) is 11.4.